The summed E-state index contributed by atoms with van der Waals surface area (Å²) in [4.78, 5) is 11.9. The van der Waals surface area contributed by atoms with Gasteiger partial charge >= 0.3 is 5.97 Å². The second-order valence-corrected chi connectivity index (χ2v) is 5.48. The number of benzene rings is 2. The van der Waals surface area contributed by atoms with Gasteiger partial charge in [0.1, 0.15) is 18.1 Å². The number of nitrogens with one attached hydrogen (secondary N) is 1. The molecule has 0 saturated carbocycles. The zero-order chi connectivity index (χ0) is 17.6. The quantitative estimate of drug-likeness (QED) is 0.696. The van der Waals surface area contributed by atoms with Crippen LogP contribution >= 0.6 is 0 Å². The second-order valence-electron chi connectivity index (χ2n) is 5.48. The molecule has 128 valence electrons. The number of aromatic nitrogens is 3. The molecule has 1 heterocycles. The molecule has 6 heteroatoms. The van der Waals surface area contributed by atoms with Crippen LogP contribution in [0.1, 0.15) is 28.5 Å². The Morgan fingerprint density at radius 3 is 2.56 bits per heavy atom. The molecule has 0 spiro atoms. The molecule has 3 rings (SSSR count). The van der Waals surface area contributed by atoms with Crippen LogP contribution in [-0.2, 0) is 11.3 Å². The predicted octanol–water partition coefficient (Wildman–Crippen LogP) is 3.54. The molecule has 0 atom stereocenters. The third kappa shape index (κ3) is 3.85. The molecule has 0 aliphatic carbocycles. The van der Waals surface area contributed by atoms with E-state index < -0.39 is 5.97 Å². The van der Waals surface area contributed by atoms with Crippen LogP contribution in [0.15, 0.2) is 48.5 Å². The first kappa shape index (κ1) is 16.7. The van der Waals surface area contributed by atoms with E-state index in [2.05, 4.69) is 28.4 Å². The van der Waals surface area contributed by atoms with E-state index >= 15 is 0 Å². The van der Waals surface area contributed by atoms with Crippen LogP contribution < -0.4 is 4.74 Å². The highest BCUT2D eigenvalue weighted by atomic mass is 16.5. The van der Waals surface area contributed by atoms with Crippen molar-refractivity contribution in [1.29, 1.82) is 0 Å². The molecular weight excluding hydrogens is 318 g/mol. The molecule has 1 aromatic heterocycles. The average molecular weight is 337 g/mol. The van der Waals surface area contributed by atoms with Gasteiger partial charge in [-0.1, -0.05) is 24.3 Å². The standard InChI is InChI=1S/C19H19N3O3/c1-3-24-19(23)18-17(20-22-21-18)14-8-10-16(11-9-14)25-12-15-7-5-4-6-13(15)2/h4-11H,3,12H2,1-2H3,(H,20,21,22). The van der Waals surface area contributed by atoms with Crippen LogP contribution in [0.4, 0.5) is 0 Å². The lowest BCUT2D eigenvalue weighted by molar-refractivity contribution is 0.0520. The summed E-state index contributed by atoms with van der Waals surface area (Å²) in [6.45, 7) is 4.60. The summed E-state index contributed by atoms with van der Waals surface area (Å²) in [6.07, 6.45) is 0. The number of hydrogen-bond acceptors (Lipinski definition) is 5. The minimum absolute atomic E-state index is 0.176. The van der Waals surface area contributed by atoms with E-state index in [1.165, 1.54) is 5.56 Å². The maximum Gasteiger partial charge on any atom is 0.361 e. The Hall–Kier alpha value is -3.15. The van der Waals surface area contributed by atoms with E-state index in [0.29, 0.717) is 12.3 Å². The highest BCUT2D eigenvalue weighted by Gasteiger charge is 2.18. The number of aromatic amines is 1. The number of carbonyl (C=O) groups is 1. The van der Waals surface area contributed by atoms with Crippen molar-refractivity contribution in [3.05, 3.63) is 65.4 Å². The zero-order valence-corrected chi connectivity index (χ0v) is 14.2. The van der Waals surface area contributed by atoms with Gasteiger partial charge in [0.25, 0.3) is 0 Å². The van der Waals surface area contributed by atoms with Crippen molar-refractivity contribution in [2.75, 3.05) is 6.61 Å². The van der Waals surface area contributed by atoms with Gasteiger partial charge in [-0.25, -0.2) is 4.79 Å². The third-order valence-corrected chi connectivity index (χ3v) is 3.80. The topological polar surface area (TPSA) is 77.1 Å². The lowest BCUT2D eigenvalue weighted by Crippen LogP contribution is -2.06. The van der Waals surface area contributed by atoms with Crippen molar-refractivity contribution < 1.29 is 14.3 Å². The first-order valence-electron chi connectivity index (χ1n) is 8.04. The van der Waals surface area contributed by atoms with Gasteiger partial charge in [0.2, 0.25) is 0 Å². The maximum atomic E-state index is 11.9. The summed E-state index contributed by atoms with van der Waals surface area (Å²) in [7, 11) is 0. The summed E-state index contributed by atoms with van der Waals surface area (Å²) >= 11 is 0. The monoisotopic (exact) mass is 337 g/mol. The summed E-state index contributed by atoms with van der Waals surface area (Å²) in [5, 5.41) is 10.4. The lowest BCUT2D eigenvalue weighted by Gasteiger charge is -2.09. The van der Waals surface area contributed by atoms with Gasteiger partial charge in [-0.15, -0.1) is 5.10 Å². The van der Waals surface area contributed by atoms with E-state index in [4.69, 9.17) is 9.47 Å². The van der Waals surface area contributed by atoms with Gasteiger partial charge in [0.15, 0.2) is 5.69 Å². The number of esters is 1. The Bertz CT molecular complexity index is 856. The normalized spacial score (nSPS) is 10.5. The van der Waals surface area contributed by atoms with Crippen molar-refractivity contribution in [3.63, 3.8) is 0 Å². The molecule has 2 aromatic carbocycles. The van der Waals surface area contributed by atoms with Crippen LogP contribution in [0.25, 0.3) is 11.3 Å². The van der Waals surface area contributed by atoms with Gasteiger partial charge in [-0.05, 0) is 49.2 Å². The van der Waals surface area contributed by atoms with Crippen molar-refractivity contribution in [2.45, 2.75) is 20.5 Å². The van der Waals surface area contributed by atoms with Crippen LogP contribution in [0, 0.1) is 6.92 Å². The molecule has 25 heavy (non-hydrogen) atoms. The Balaban J connectivity index is 1.72. The van der Waals surface area contributed by atoms with Gasteiger partial charge in [-0.2, -0.15) is 10.3 Å². The summed E-state index contributed by atoms with van der Waals surface area (Å²) in [6, 6.07) is 15.5. The predicted molar refractivity (Wildman–Crippen MR) is 93.3 cm³/mol. The summed E-state index contributed by atoms with van der Waals surface area (Å²) in [5.74, 6) is 0.249. The van der Waals surface area contributed by atoms with E-state index in [9.17, 15) is 4.79 Å². The molecule has 0 radical (unpaired) electrons. The van der Waals surface area contributed by atoms with Crippen molar-refractivity contribution in [2.24, 2.45) is 0 Å². The number of H-pyrrole nitrogens is 1. The average Bonchev–Trinajstić information content (AvgIpc) is 3.12. The fraction of sp³-hybridized carbons (Fsp3) is 0.211. The fourth-order valence-electron chi connectivity index (χ4n) is 2.42. The molecule has 0 bridgehead atoms. The highest BCUT2D eigenvalue weighted by Crippen LogP contribution is 2.24. The fourth-order valence-corrected chi connectivity index (χ4v) is 2.42. The number of hydrogen-bond donors (Lipinski definition) is 1. The van der Waals surface area contributed by atoms with E-state index in [1.54, 1.807) is 6.92 Å². The first-order valence-corrected chi connectivity index (χ1v) is 8.04. The Morgan fingerprint density at radius 1 is 1.08 bits per heavy atom. The van der Waals surface area contributed by atoms with Gasteiger partial charge in [0, 0.05) is 5.56 Å². The Kier molecular flexibility index (Phi) is 5.09. The molecule has 3 aromatic rings. The van der Waals surface area contributed by atoms with Gasteiger partial charge in [0.05, 0.1) is 6.61 Å². The van der Waals surface area contributed by atoms with E-state index in [0.717, 1.165) is 16.9 Å². The summed E-state index contributed by atoms with van der Waals surface area (Å²) < 4.78 is 10.8. The molecule has 0 unspecified atom stereocenters. The molecule has 6 nitrogen and oxygen atoms in total. The number of rotatable bonds is 6. The summed E-state index contributed by atoms with van der Waals surface area (Å²) in [5.41, 5.74) is 3.74. The molecule has 0 amide bonds. The molecule has 0 saturated heterocycles. The molecule has 0 aliphatic rings. The van der Waals surface area contributed by atoms with Gasteiger partial charge < -0.3 is 9.47 Å². The van der Waals surface area contributed by atoms with Crippen molar-refractivity contribution in [3.8, 4) is 17.0 Å². The minimum atomic E-state index is -0.494. The molecule has 0 fully saturated rings. The Labute approximate surface area is 145 Å². The van der Waals surface area contributed by atoms with Crippen LogP contribution in [0.5, 0.6) is 5.75 Å². The molecule has 1 N–H and O–H groups in total. The number of nitrogens with zero attached hydrogens (tertiary/aromatic N) is 2. The number of aryl methyl sites for hydroxylation is 1. The minimum Gasteiger partial charge on any atom is -0.489 e. The zero-order valence-electron chi connectivity index (χ0n) is 14.2. The van der Waals surface area contributed by atoms with Gasteiger partial charge in [-0.3, -0.25) is 0 Å². The van der Waals surface area contributed by atoms with Crippen LogP contribution in [-0.4, -0.2) is 28.0 Å². The van der Waals surface area contributed by atoms with Crippen molar-refractivity contribution >= 4 is 5.97 Å². The Morgan fingerprint density at radius 2 is 1.84 bits per heavy atom. The van der Waals surface area contributed by atoms with E-state index in [1.807, 2.05) is 42.5 Å². The van der Waals surface area contributed by atoms with Crippen LogP contribution in [0.3, 0.4) is 0 Å². The number of ether oxygens (including phenoxy) is 2. The third-order valence-electron chi connectivity index (χ3n) is 3.80. The van der Waals surface area contributed by atoms with Crippen molar-refractivity contribution in [1.82, 2.24) is 15.4 Å². The largest absolute Gasteiger partial charge is 0.489 e. The SMILES string of the molecule is CCOC(=O)c1n[nH]nc1-c1ccc(OCc2ccccc2C)cc1. The van der Waals surface area contributed by atoms with Crippen LogP contribution in [0.2, 0.25) is 0 Å². The lowest BCUT2D eigenvalue weighted by atomic mass is 10.1. The maximum absolute atomic E-state index is 11.9. The first-order chi connectivity index (χ1) is 12.2. The second kappa shape index (κ2) is 7.61. The molecular formula is C19H19N3O3. The smallest absolute Gasteiger partial charge is 0.361 e. The number of carbonyl (C=O) groups excluding carboxylic acids is 1. The van der Waals surface area contributed by atoms with E-state index in [-0.39, 0.29) is 12.3 Å². The highest BCUT2D eigenvalue weighted by molar-refractivity contribution is 5.93. The molecule has 0 aliphatic heterocycles.